The van der Waals surface area contributed by atoms with Crippen LogP contribution in [0.3, 0.4) is 0 Å². The average Bonchev–Trinajstić information content (AvgIpc) is 3.24. The lowest BCUT2D eigenvalue weighted by Crippen LogP contribution is -2.54. The Kier molecular flexibility index (Phi) is 7.30. The van der Waals surface area contributed by atoms with E-state index in [1.807, 2.05) is 11.8 Å². The Morgan fingerprint density at radius 3 is 2.38 bits per heavy atom. The smallest absolute Gasteiger partial charge is 0.230 e. The lowest BCUT2D eigenvalue weighted by atomic mass is 10.0. The Morgan fingerprint density at radius 1 is 1.09 bits per heavy atom. The number of rotatable bonds is 6. The van der Waals surface area contributed by atoms with Crippen LogP contribution in [0.1, 0.15) is 43.7 Å². The van der Waals surface area contributed by atoms with Crippen LogP contribution >= 0.6 is 0 Å². The van der Waals surface area contributed by atoms with Crippen molar-refractivity contribution in [2.75, 3.05) is 44.3 Å². The average molecular weight is 495 g/mol. The molecular weight excluding hydrogens is 459 g/mol. The van der Waals surface area contributed by atoms with Gasteiger partial charge in [0.2, 0.25) is 21.8 Å². The first kappa shape index (κ1) is 25.1. The van der Waals surface area contributed by atoms with Crippen molar-refractivity contribution in [3.8, 4) is 0 Å². The SMILES string of the molecule is Cc1c(CN2CCN(C(=O)C3CCCC3)C(C)C2)cc(F)cc1NC(=O)C1CN(S(C)(=O)=O)C1. The summed E-state index contributed by atoms with van der Waals surface area (Å²) in [6.45, 7) is 6.88. The minimum absolute atomic E-state index is 0.103. The molecule has 3 fully saturated rings. The van der Waals surface area contributed by atoms with E-state index in [1.54, 1.807) is 0 Å². The molecule has 10 heteroatoms. The first-order valence-electron chi connectivity index (χ1n) is 12.1. The maximum absolute atomic E-state index is 14.4. The highest BCUT2D eigenvalue weighted by Crippen LogP contribution is 2.29. The normalized spacial score (nSPS) is 23.2. The van der Waals surface area contributed by atoms with Crippen molar-refractivity contribution < 1.29 is 22.4 Å². The number of nitrogens with one attached hydrogen (secondary N) is 1. The molecule has 0 bridgehead atoms. The number of amides is 2. The van der Waals surface area contributed by atoms with Crippen LogP contribution in [0.5, 0.6) is 0 Å². The molecule has 1 aliphatic carbocycles. The van der Waals surface area contributed by atoms with E-state index in [0.717, 1.165) is 56.2 Å². The fourth-order valence-corrected chi connectivity index (χ4v) is 6.19. The summed E-state index contributed by atoms with van der Waals surface area (Å²) >= 11 is 0. The molecule has 1 unspecified atom stereocenters. The van der Waals surface area contributed by atoms with E-state index in [-0.39, 0.29) is 36.9 Å². The van der Waals surface area contributed by atoms with Crippen LogP contribution in [0.4, 0.5) is 10.1 Å². The van der Waals surface area contributed by atoms with Gasteiger partial charge in [-0.05, 0) is 49.9 Å². The number of sulfonamides is 1. The maximum atomic E-state index is 14.4. The summed E-state index contributed by atoms with van der Waals surface area (Å²) in [6.07, 6.45) is 5.39. The minimum Gasteiger partial charge on any atom is -0.337 e. The highest BCUT2D eigenvalue weighted by molar-refractivity contribution is 7.88. The Bertz CT molecular complexity index is 1050. The molecule has 1 saturated carbocycles. The molecule has 1 atom stereocenters. The van der Waals surface area contributed by atoms with E-state index in [0.29, 0.717) is 18.8 Å². The monoisotopic (exact) mass is 494 g/mol. The fraction of sp³-hybridized carbons (Fsp3) is 0.667. The predicted molar refractivity (Wildman–Crippen MR) is 128 cm³/mol. The maximum Gasteiger partial charge on any atom is 0.230 e. The standard InChI is InChI=1S/C24H35FN4O4S/c1-16-12-27(8-9-29(16)24(31)18-6-4-5-7-18)13-19-10-21(25)11-22(17(19)2)26-23(30)20-14-28(15-20)34(3,32)33/h10-11,16,18,20H,4-9,12-15H2,1-3H3,(H,26,30). The summed E-state index contributed by atoms with van der Waals surface area (Å²) in [4.78, 5) is 29.7. The number of piperazine rings is 1. The van der Waals surface area contributed by atoms with Gasteiger partial charge in [0, 0.05) is 56.9 Å². The highest BCUT2D eigenvalue weighted by Gasteiger charge is 2.38. The van der Waals surface area contributed by atoms with Crippen LogP contribution in [-0.2, 0) is 26.2 Å². The zero-order chi connectivity index (χ0) is 24.6. The van der Waals surface area contributed by atoms with Crippen molar-refractivity contribution in [1.82, 2.24) is 14.1 Å². The van der Waals surface area contributed by atoms with E-state index < -0.39 is 21.8 Å². The fourth-order valence-electron chi connectivity index (χ4n) is 5.29. The van der Waals surface area contributed by atoms with E-state index in [2.05, 4.69) is 17.1 Å². The Labute approximate surface area is 201 Å². The third-order valence-corrected chi connectivity index (χ3v) is 8.75. The second-order valence-corrected chi connectivity index (χ2v) is 12.1. The second-order valence-electron chi connectivity index (χ2n) is 10.1. The number of halogens is 1. The molecule has 1 N–H and O–H groups in total. The summed E-state index contributed by atoms with van der Waals surface area (Å²) in [5.74, 6) is -0.711. The Balaban J connectivity index is 1.37. The van der Waals surface area contributed by atoms with Crippen LogP contribution in [-0.4, -0.2) is 79.4 Å². The van der Waals surface area contributed by atoms with Gasteiger partial charge in [-0.25, -0.2) is 17.1 Å². The van der Waals surface area contributed by atoms with Crippen molar-refractivity contribution in [1.29, 1.82) is 0 Å². The van der Waals surface area contributed by atoms with Gasteiger partial charge in [0.1, 0.15) is 5.82 Å². The minimum atomic E-state index is -3.30. The van der Waals surface area contributed by atoms with Gasteiger partial charge in [0.25, 0.3) is 0 Å². The van der Waals surface area contributed by atoms with Crippen LogP contribution in [0.2, 0.25) is 0 Å². The molecule has 34 heavy (non-hydrogen) atoms. The lowest BCUT2D eigenvalue weighted by molar-refractivity contribution is -0.140. The van der Waals surface area contributed by atoms with Crippen molar-refractivity contribution in [2.45, 2.75) is 52.1 Å². The quantitative estimate of drug-likeness (QED) is 0.655. The zero-order valence-corrected chi connectivity index (χ0v) is 21.0. The van der Waals surface area contributed by atoms with Gasteiger partial charge in [-0.1, -0.05) is 12.8 Å². The molecular formula is C24H35FN4O4S. The Hall–Kier alpha value is -2.04. The molecule has 0 radical (unpaired) electrons. The molecule has 4 rings (SSSR count). The second kappa shape index (κ2) is 9.91. The van der Waals surface area contributed by atoms with E-state index in [9.17, 15) is 22.4 Å². The molecule has 2 aliphatic heterocycles. The van der Waals surface area contributed by atoms with Crippen molar-refractivity contribution in [2.24, 2.45) is 11.8 Å². The summed E-state index contributed by atoms with van der Waals surface area (Å²) in [5, 5.41) is 2.79. The third-order valence-electron chi connectivity index (χ3n) is 7.52. The number of benzene rings is 1. The zero-order valence-electron chi connectivity index (χ0n) is 20.2. The number of carbonyl (C=O) groups excluding carboxylic acids is 2. The molecule has 2 amide bonds. The predicted octanol–water partition coefficient (Wildman–Crippen LogP) is 2.19. The van der Waals surface area contributed by atoms with Gasteiger partial charge in [0.05, 0.1) is 12.2 Å². The van der Waals surface area contributed by atoms with Crippen LogP contribution in [0, 0.1) is 24.6 Å². The third kappa shape index (κ3) is 5.44. The molecule has 2 saturated heterocycles. The molecule has 1 aromatic carbocycles. The van der Waals surface area contributed by atoms with Gasteiger partial charge < -0.3 is 10.2 Å². The van der Waals surface area contributed by atoms with Crippen LogP contribution in [0.15, 0.2) is 12.1 Å². The summed E-state index contributed by atoms with van der Waals surface area (Å²) in [5.41, 5.74) is 2.01. The number of anilines is 1. The molecule has 0 aromatic heterocycles. The first-order valence-corrected chi connectivity index (χ1v) is 14.0. The summed E-state index contributed by atoms with van der Waals surface area (Å²) in [6, 6.07) is 2.91. The van der Waals surface area contributed by atoms with Crippen molar-refractivity contribution in [3.63, 3.8) is 0 Å². The summed E-state index contributed by atoms with van der Waals surface area (Å²) in [7, 11) is -3.30. The topological polar surface area (TPSA) is 90.0 Å². The van der Waals surface area contributed by atoms with Crippen LogP contribution < -0.4 is 5.32 Å². The van der Waals surface area contributed by atoms with Gasteiger partial charge in [-0.2, -0.15) is 0 Å². The molecule has 0 spiro atoms. The summed E-state index contributed by atoms with van der Waals surface area (Å²) < 4.78 is 38.8. The molecule has 2 heterocycles. The van der Waals surface area contributed by atoms with Gasteiger partial charge in [-0.15, -0.1) is 0 Å². The number of carbonyl (C=O) groups is 2. The molecule has 1 aromatic rings. The molecule has 8 nitrogen and oxygen atoms in total. The van der Waals surface area contributed by atoms with E-state index in [4.69, 9.17) is 0 Å². The highest BCUT2D eigenvalue weighted by atomic mass is 32.2. The van der Waals surface area contributed by atoms with Crippen LogP contribution in [0.25, 0.3) is 0 Å². The lowest BCUT2D eigenvalue weighted by Gasteiger charge is -2.41. The number of nitrogens with zero attached hydrogens (tertiary/aromatic N) is 3. The van der Waals surface area contributed by atoms with E-state index in [1.165, 1.54) is 16.4 Å². The molecule has 3 aliphatic rings. The Morgan fingerprint density at radius 2 is 1.76 bits per heavy atom. The first-order chi connectivity index (χ1) is 16.0. The number of hydrogen-bond donors (Lipinski definition) is 1. The number of hydrogen-bond acceptors (Lipinski definition) is 5. The molecule has 188 valence electrons. The largest absolute Gasteiger partial charge is 0.337 e. The van der Waals surface area contributed by atoms with Crippen molar-refractivity contribution in [3.05, 3.63) is 29.1 Å². The van der Waals surface area contributed by atoms with Crippen molar-refractivity contribution >= 4 is 27.5 Å². The van der Waals surface area contributed by atoms with Gasteiger partial charge in [-0.3, -0.25) is 14.5 Å². The van der Waals surface area contributed by atoms with E-state index >= 15 is 0 Å². The van der Waals surface area contributed by atoms with Gasteiger partial charge in [0.15, 0.2) is 0 Å². The van der Waals surface area contributed by atoms with Gasteiger partial charge >= 0.3 is 0 Å².